The molecule has 0 aliphatic rings. The van der Waals surface area contributed by atoms with Crippen LogP contribution in [0.15, 0.2) is 24.3 Å². The first-order valence-corrected chi connectivity index (χ1v) is 5.91. The van der Waals surface area contributed by atoms with Crippen LogP contribution in [0.3, 0.4) is 0 Å². The summed E-state index contributed by atoms with van der Waals surface area (Å²) in [6, 6.07) is 5.39. The molecular formula is C13H17F3N2O2. The van der Waals surface area contributed by atoms with Gasteiger partial charge in [0.15, 0.2) is 5.54 Å². The SMILES string of the molecule is CC(c1ccccc1O)N(C)C(=O)C(C)(N)C(F)(F)F. The van der Waals surface area contributed by atoms with Gasteiger partial charge < -0.3 is 15.7 Å². The summed E-state index contributed by atoms with van der Waals surface area (Å²) in [5.74, 6) is -1.36. The molecule has 3 N–H and O–H groups in total. The van der Waals surface area contributed by atoms with Gasteiger partial charge in [-0.1, -0.05) is 18.2 Å². The van der Waals surface area contributed by atoms with Crippen molar-refractivity contribution in [1.82, 2.24) is 4.90 Å². The van der Waals surface area contributed by atoms with Gasteiger partial charge in [0, 0.05) is 12.6 Å². The third kappa shape index (κ3) is 2.87. The Bertz CT molecular complexity index is 501. The number of benzene rings is 1. The summed E-state index contributed by atoms with van der Waals surface area (Å²) < 4.78 is 38.3. The number of likely N-dealkylation sites (N-methyl/N-ethyl adjacent to an activating group) is 1. The Balaban J connectivity index is 3.04. The van der Waals surface area contributed by atoms with Gasteiger partial charge in [0.2, 0.25) is 0 Å². The molecule has 0 saturated carbocycles. The average molecular weight is 290 g/mol. The van der Waals surface area contributed by atoms with Crippen LogP contribution in [-0.4, -0.2) is 34.7 Å². The Kier molecular flexibility index (Phi) is 4.33. The van der Waals surface area contributed by atoms with E-state index < -0.39 is 23.7 Å². The number of nitrogens with zero attached hydrogens (tertiary/aromatic N) is 1. The van der Waals surface area contributed by atoms with Crippen LogP contribution in [0, 0.1) is 0 Å². The fourth-order valence-electron chi connectivity index (χ4n) is 1.71. The number of alkyl halides is 3. The lowest BCUT2D eigenvalue weighted by Gasteiger charge is -2.34. The number of aromatic hydroxyl groups is 1. The minimum Gasteiger partial charge on any atom is -0.508 e. The van der Waals surface area contributed by atoms with Crippen molar-refractivity contribution in [1.29, 1.82) is 0 Å². The van der Waals surface area contributed by atoms with E-state index in [1.54, 1.807) is 12.1 Å². The van der Waals surface area contributed by atoms with Crippen molar-refractivity contribution in [2.45, 2.75) is 31.6 Å². The highest BCUT2D eigenvalue weighted by atomic mass is 19.4. The first kappa shape index (κ1) is 16.3. The van der Waals surface area contributed by atoms with Gasteiger partial charge in [-0.3, -0.25) is 4.79 Å². The molecule has 112 valence electrons. The molecule has 0 fully saturated rings. The molecule has 4 nitrogen and oxygen atoms in total. The second-order valence-electron chi connectivity index (χ2n) is 4.85. The average Bonchev–Trinajstić information content (AvgIpc) is 2.35. The number of hydrogen-bond donors (Lipinski definition) is 2. The predicted molar refractivity (Wildman–Crippen MR) is 67.9 cm³/mol. The topological polar surface area (TPSA) is 66.6 Å². The number of amides is 1. The van der Waals surface area contributed by atoms with Crippen LogP contribution >= 0.6 is 0 Å². The van der Waals surface area contributed by atoms with Crippen molar-refractivity contribution in [2.24, 2.45) is 5.73 Å². The van der Waals surface area contributed by atoms with Gasteiger partial charge >= 0.3 is 6.18 Å². The second-order valence-corrected chi connectivity index (χ2v) is 4.85. The maximum atomic E-state index is 12.8. The van der Waals surface area contributed by atoms with Gasteiger partial charge in [0.25, 0.3) is 5.91 Å². The molecule has 0 spiro atoms. The summed E-state index contributed by atoms with van der Waals surface area (Å²) in [5.41, 5.74) is 2.49. The molecular weight excluding hydrogens is 273 g/mol. The summed E-state index contributed by atoms with van der Waals surface area (Å²) in [4.78, 5) is 12.8. The van der Waals surface area contributed by atoms with Gasteiger partial charge in [0.05, 0.1) is 6.04 Å². The van der Waals surface area contributed by atoms with Crippen LogP contribution in [0.5, 0.6) is 5.75 Å². The molecule has 0 radical (unpaired) electrons. The smallest absolute Gasteiger partial charge is 0.415 e. The molecule has 0 aliphatic heterocycles. The Morgan fingerprint density at radius 1 is 1.35 bits per heavy atom. The molecule has 20 heavy (non-hydrogen) atoms. The maximum Gasteiger partial charge on any atom is 0.415 e. The third-order valence-electron chi connectivity index (χ3n) is 3.32. The first-order chi connectivity index (χ1) is 9.00. The molecule has 1 rings (SSSR count). The molecule has 7 heteroatoms. The Morgan fingerprint density at radius 2 is 1.85 bits per heavy atom. The number of phenolic OH excluding ortho intramolecular Hbond substituents is 1. The van der Waals surface area contributed by atoms with Gasteiger partial charge in [-0.15, -0.1) is 0 Å². The van der Waals surface area contributed by atoms with E-state index in [9.17, 15) is 23.1 Å². The van der Waals surface area contributed by atoms with E-state index in [1.165, 1.54) is 26.1 Å². The minimum atomic E-state index is -4.85. The normalized spacial score (nSPS) is 16.4. The fourth-order valence-corrected chi connectivity index (χ4v) is 1.71. The van der Waals surface area contributed by atoms with Gasteiger partial charge in [0.1, 0.15) is 5.75 Å². The molecule has 0 bridgehead atoms. The van der Waals surface area contributed by atoms with Crippen molar-refractivity contribution in [3.8, 4) is 5.75 Å². The van der Waals surface area contributed by atoms with Gasteiger partial charge in [-0.05, 0) is 19.9 Å². The van der Waals surface area contributed by atoms with E-state index in [0.717, 1.165) is 4.90 Å². The van der Waals surface area contributed by atoms with Crippen molar-refractivity contribution < 1.29 is 23.1 Å². The second kappa shape index (κ2) is 5.32. The van der Waals surface area contributed by atoms with Crippen LogP contribution in [0.25, 0.3) is 0 Å². The number of rotatable bonds is 3. The molecule has 1 amide bonds. The molecule has 0 aliphatic carbocycles. The summed E-state index contributed by atoms with van der Waals surface area (Å²) in [7, 11) is 1.22. The number of nitrogens with two attached hydrogens (primary N) is 1. The minimum absolute atomic E-state index is 0.0922. The number of para-hydroxylation sites is 1. The lowest BCUT2D eigenvalue weighted by atomic mass is 9.98. The van der Waals surface area contributed by atoms with Crippen molar-refractivity contribution in [3.63, 3.8) is 0 Å². The molecule has 0 heterocycles. The zero-order chi connectivity index (χ0) is 15.7. The number of hydrogen-bond acceptors (Lipinski definition) is 3. The lowest BCUT2D eigenvalue weighted by molar-refractivity contribution is -0.194. The molecule has 0 saturated heterocycles. The van der Waals surface area contributed by atoms with Crippen molar-refractivity contribution in [2.75, 3.05) is 7.05 Å². The Morgan fingerprint density at radius 3 is 2.30 bits per heavy atom. The monoisotopic (exact) mass is 290 g/mol. The molecule has 0 aromatic heterocycles. The zero-order valence-electron chi connectivity index (χ0n) is 11.4. The predicted octanol–water partition coefficient (Wildman–Crippen LogP) is 2.19. The molecule has 2 atom stereocenters. The van der Waals surface area contributed by atoms with Crippen LogP contribution in [-0.2, 0) is 4.79 Å². The molecule has 2 unspecified atom stereocenters. The summed E-state index contributed by atoms with van der Waals surface area (Å²) in [5, 5.41) is 9.68. The standard InChI is InChI=1S/C13H17F3N2O2/c1-8(9-6-4-5-7-10(9)19)18(3)11(20)12(2,17)13(14,15)16/h4-8,19H,17H2,1-3H3. The van der Waals surface area contributed by atoms with E-state index in [2.05, 4.69) is 0 Å². The van der Waals surface area contributed by atoms with Crippen LogP contribution in [0.1, 0.15) is 25.5 Å². The Hall–Kier alpha value is -1.76. The molecule has 1 aromatic rings. The third-order valence-corrected chi connectivity index (χ3v) is 3.32. The summed E-state index contributed by atoms with van der Waals surface area (Å²) in [6.07, 6.45) is -4.85. The van der Waals surface area contributed by atoms with Crippen LogP contribution in [0.2, 0.25) is 0 Å². The number of carbonyl (C=O) groups excluding carboxylic acids is 1. The number of phenols is 1. The van der Waals surface area contributed by atoms with Gasteiger partial charge in [-0.2, -0.15) is 13.2 Å². The van der Waals surface area contributed by atoms with Crippen LogP contribution < -0.4 is 5.73 Å². The van der Waals surface area contributed by atoms with E-state index >= 15 is 0 Å². The van der Waals surface area contributed by atoms with E-state index in [-0.39, 0.29) is 5.75 Å². The highest BCUT2D eigenvalue weighted by Crippen LogP contribution is 2.33. The molecule has 1 aromatic carbocycles. The van der Waals surface area contributed by atoms with E-state index in [0.29, 0.717) is 12.5 Å². The number of halogens is 3. The lowest BCUT2D eigenvalue weighted by Crippen LogP contribution is -2.61. The van der Waals surface area contributed by atoms with Gasteiger partial charge in [-0.25, -0.2) is 0 Å². The summed E-state index contributed by atoms with van der Waals surface area (Å²) >= 11 is 0. The fraction of sp³-hybridized carbons (Fsp3) is 0.462. The first-order valence-electron chi connectivity index (χ1n) is 5.91. The summed E-state index contributed by atoms with van der Waals surface area (Å²) in [6.45, 7) is 2.14. The highest BCUT2D eigenvalue weighted by molar-refractivity contribution is 5.86. The Labute approximate surface area is 115 Å². The van der Waals surface area contributed by atoms with Crippen LogP contribution in [0.4, 0.5) is 13.2 Å². The maximum absolute atomic E-state index is 12.8. The van der Waals surface area contributed by atoms with Crippen molar-refractivity contribution >= 4 is 5.91 Å². The van der Waals surface area contributed by atoms with E-state index in [4.69, 9.17) is 5.73 Å². The number of carbonyl (C=O) groups is 1. The largest absolute Gasteiger partial charge is 0.508 e. The quantitative estimate of drug-likeness (QED) is 0.896. The highest BCUT2D eigenvalue weighted by Gasteiger charge is 2.55. The zero-order valence-corrected chi connectivity index (χ0v) is 11.4. The van der Waals surface area contributed by atoms with Crippen molar-refractivity contribution in [3.05, 3.63) is 29.8 Å². The van der Waals surface area contributed by atoms with E-state index in [1.807, 2.05) is 0 Å².